The summed E-state index contributed by atoms with van der Waals surface area (Å²) in [6.07, 6.45) is 7.39. The summed E-state index contributed by atoms with van der Waals surface area (Å²) in [4.78, 5) is 0. The van der Waals surface area contributed by atoms with Gasteiger partial charge in [-0.15, -0.1) is 0 Å². The molecule has 2 heterocycles. The zero-order chi connectivity index (χ0) is 9.38. The van der Waals surface area contributed by atoms with Gasteiger partial charge in [-0.3, -0.25) is 5.10 Å². The van der Waals surface area contributed by atoms with Gasteiger partial charge in [0.1, 0.15) is 0 Å². The van der Waals surface area contributed by atoms with Crippen LogP contribution in [0.25, 0.3) is 0 Å². The predicted octanol–water partition coefficient (Wildman–Crippen LogP) is 1.75. The highest BCUT2D eigenvalue weighted by atomic mass is 15.1. The number of piperidine rings is 1. The lowest BCUT2D eigenvalue weighted by Gasteiger charge is -2.22. The molecular weight excluding hydrogens is 174 g/mol. The third-order valence-electron chi connectivity index (χ3n) is 3.42. The fourth-order valence-corrected chi connectivity index (χ4v) is 2.45. The zero-order valence-corrected chi connectivity index (χ0v) is 8.42. The van der Waals surface area contributed by atoms with Gasteiger partial charge in [-0.25, -0.2) is 0 Å². The third kappa shape index (κ3) is 1.46. The van der Waals surface area contributed by atoms with E-state index in [0.29, 0.717) is 5.92 Å². The summed E-state index contributed by atoms with van der Waals surface area (Å²) in [5.41, 5.74) is 2.92. The Morgan fingerprint density at radius 3 is 2.86 bits per heavy atom. The molecule has 1 saturated carbocycles. The summed E-state index contributed by atoms with van der Waals surface area (Å²) in [5, 5.41) is 10.9. The first-order valence-electron chi connectivity index (χ1n) is 5.69. The minimum Gasteiger partial charge on any atom is -0.316 e. The van der Waals surface area contributed by atoms with Crippen LogP contribution in [0.5, 0.6) is 0 Å². The van der Waals surface area contributed by atoms with E-state index in [1.54, 1.807) is 0 Å². The molecule has 0 amide bonds. The van der Waals surface area contributed by atoms with E-state index >= 15 is 0 Å². The van der Waals surface area contributed by atoms with Crippen LogP contribution in [0.2, 0.25) is 0 Å². The van der Waals surface area contributed by atoms with E-state index in [9.17, 15) is 0 Å². The molecule has 1 atom stereocenters. The fraction of sp³-hybridized carbons (Fsp3) is 0.727. The van der Waals surface area contributed by atoms with Crippen molar-refractivity contribution >= 4 is 0 Å². The van der Waals surface area contributed by atoms with Crippen LogP contribution in [0, 0.1) is 0 Å². The Hall–Kier alpha value is -0.830. The van der Waals surface area contributed by atoms with Gasteiger partial charge in [0.05, 0.1) is 6.20 Å². The Bertz CT molecular complexity index is 308. The van der Waals surface area contributed by atoms with E-state index in [4.69, 9.17) is 0 Å². The fourth-order valence-electron chi connectivity index (χ4n) is 2.45. The van der Waals surface area contributed by atoms with Crippen LogP contribution in [0.15, 0.2) is 6.20 Å². The van der Waals surface area contributed by atoms with Crippen LogP contribution in [0.1, 0.15) is 48.8 Å². The van der Waals surface area contributed by atoms with Crippen molar-refractivity contribution in [3.8, 4) is 0 Å². The van der Waals surface area contributed by atoms with Crippen molar-refractivity contribution in [2.75, 3.05) is 13.1 Å². The molecule has 3 heteroatoms. The van der Waals surface area contributed by atoms with E-state index in [2.05, 4.69) is 15.5 Å². The molecule has 0 aromatic carbocycles. The monoisotopic (exact) mass is 191 g/mol. The summed E-state index contributed by atoms with van der Waals surface area (Å²) in [5.74, 6) is 1.51. The summed E-state index contributed by atoms with van der Waals surface area (Å²) >= 11 is 0. The van der Waals surface area contributed by atoms with Gasteiger partial charge in [0.15, 0.2) is 0 Å². The second kappa shape index (κ2) is 3.39. The molecule has 76 valence electrons. The van der Waals surface area contributed by atoms with E-state index in [0.717, 1.165) is 12.5 Å². The van der Waals surface area contributed by atoms with Gasteiger partial charge in [0.25, 0.3) is 0 Å². The minimum absolute atomic E-state index is 0.682. The number of hydrogen-bond donors (Lipinski definition) is 2. The van der Waals surface area contributed by atoms with Gasteiger partial charge >= 0.3 is 0 Å². The quantitative estimate of drug-likeness (QED) is 0.747. The number of rotatable bonds is 2. The minimum atomic E-state index is 0.682. The van der Waals surface area contributed by atoms with E-state index in [-0.39, 0.29) is 0 Å². The molecule has 3 rings (SSSR count). The number of aromatic nitrogens is 2. The molecule has 3 nitrogen and oxygen atoms in total. The van der Waals surface area contributed by atoms with Gasteiger partial charge in [-0.1, -0.05) is 0 Å². The van der Waals surface area contributed by atoms with Crippen LogP contribution in [-0.4, -0.2) is 23.3 Å². The lowest BCUT2D eigenvalue weighted by molar-refractivity contribution is 0.452. The first kappa shape index (κ1) is 8.48. The highest BCUT2D eigenvalue weighted by molar-refractivity contribution is 5.28. The Morgan fingerprint density at radius 1 is 1.21 bits per heavy atom. The smallest absolute Gasteiger partial charge is 0.0525 e. The van der Waals surface area contributed by atoms with E-state index < -0.39 is 0 Å². The maximum Gasteiger partial charge on any atom is 0.0525 e. The average molecular weight is 191 g/mol. The largest absolute Gasteiger partial charge is 0.316 e. The predicted molar refractivity (Wildman–Crippen MR) is 55.4 cm³/mol. The molecule has 1 aliphatic carbocycles. The van der Waals surface area contributed by atoms with Crippen molar-refractivity contribution in [3.63, 3.8) is 0 Å². The maximum absolute atomic E-state index is 4.21. The molecule has 1 aliphatic heterocycles. The van der Waals surface area contributed by atoms with Crippen molar-refractivity contribution in [2.45, 2.75) is 37.5 Å². The molecule has 1 aromatic rings. The highest BCUT2D eigenvalue weighted by Gasteiger charge is 2.30. The molecule has 14 heavy (non-hydrogen) atoms. The molecule has 0 bridgehead atoms. The molecule has 2 fully saturated rings. The van der Waals surface area contributed by atoms with Crippen LogP contribution >= 0.6 is 0 Å². The van der Waals surface area contributed by atoms with Gasteiger partial charge in [-0.05, 0) is 43.7 Å². The molecular formula is C11H17N3. The lowest BCUT2D eigenvalue weighted by atomic mass is 9.92. The average Bonchev–Trinajstić information content (AvgIpc) is 2.98. The normalized spacial score (nSPS) is 27.9. The second-order valence-corrected chi connectivity index (χ2v) is 4.56. The molecule has 1 aromatic heterocycles. The second-order valence-electron chi connectivity index (χ2n) is 4.56. The first-order chi connectivity index (χ1) is 6.95. The number of hydrogen-bond acceptors (Lipinski definition) is 2. The Morgan fingerprint density at radius 2 is 2.14 bits per heavy atom. The van der Waals surface area contributed by atoms with E-state index in [1.807, 2.05) is 6.20 Å². The van der Waals surface area contributed by atoms with Crippen molar-refractivity contribution in [1.82, 2.24) is 15.5 Å². The van der Waals surface area contributed by atoms with Crippen LogP contribution in [0.4, 0.5) is 0 Å². The number of nitrogens with zero attached hydrogens (tertiary/aromatic N) is 1. The van der Waals surface area contributed by atoms with Crippen LogP contribution in [-0.2, 0) is 0 Å². The number of nitrogens with one attached hydrogen (secondary N) is 2. The molecule has 2 N–H and O–H groups in total. The summed E-state index contributed by atoms with van der Waals surface area (Å²) in [6.45, 7) is 2.31. The Labute approximate surface area is 84.3 Å². The molecule has 2 aliphatic rings. The lowest BCUT2D eigenvalue weighted by Crippen LogP contribution is -2.29. The summed E-state index contributed by atoms with van der Waals surface area (Å²) < 4.78 is 0. The zero-order valence-electron chi connectivity index (χ0n) is 8.42. The van der Waals surface area contributed by atoms with Gasteiger partial charge in [0, 0.05) is 18.2 Å². The van der Waals surface area contributed by atoms with Gasteiger partial charge in [0.2, 0.25) is 0 Å². The number of H-pyrrole nitrogens is 1. The maximum atomic E-state index is 4.21. The topological polar surface area (TPSA) is 40.7 Å². The standard InChI is InChI=1S/C11H17N3/c1-2-9(6-12-5-1)11-10(7-13-14-11)8-3-4-8/h7-9,12H,1-6H2,(H,13,14). The highest BCUT2D eigenvalue weighted by Crippen LogP contribution is 2.43. The first-order valence-corrected chi connectivity index (χ1v) is 5.69. The molecule has 0 spiro atoms. The van der Waals surface area contributed by atoms with Gasteiger partial charge < -0.3 is 5.32 Å². The van der Waals surface area contributed by atoms with E-state index in [1.165, 1.54) is 43.5 Å². The van der Waals surface area contributed by atoms with Crippen molar-refractivity contribution < 1.29 is 0 Å². The Kier molecular flexibility index (Phi) is 2.05. The molecule has 1 unspecified atom stereocenters. The van der Waals surface area contributed by atoms with Crippen LogP contribution in [0.3, 0.4) is 0 Å². The van der Waals surface area contributed by atoms with Crippen LogP contribution < -0.4 is 5.32 Å². The summed E-state index contributed by atoms with van der Waals surface area (Å²) in [6, 6.07) is 0. The molecule has 0 radical (unpaired) electrons. The van der Waals surface area contributed by atoms with Crippen molar-refractivity contribution in [3.05, 3.63) is 17.5 Å². The number of aromatic amines is 1. The van der Waals surface area contributed by atoms with Gasteiger partial charge in [-0.2, -0.15) is 5.10 Å². The van der Waals surface area contributed by atoms with Crippen molar-refractivity contribution in [2.24, 2.45) is 0 Å². The molecule has 1 saturated heterocycles. The summed E-state index contributed by atoms with van der Waals surface area (Å²) in [7, 11) is 0. The Balaban J connectivity index is 1.82. The SMILES string of the molecule is c1n[nH]c(C2CCCNC2)c1C1CC1. The van der Waals surface area contributed by atoms with Crippen molar-refractivity contribution in [1.29, 1.82) is 0 Å². The third-order valence-corrected chi connectivity index (χ3v) is 3.42.